The van der Waals surface area contributed by atoms with E-state index in [1.54, 1.807) is 52.8 Å². The van der Waals surface area contributed by atoms with Gasteiger partial charge in [-0.2, -0.15) is 0 Å². The molecule has 2 aliphatic heterocycles. The second kappa shape index (κ2) is 8.20. The number of benzene rings is 3. The summed E-state index contributed by atoms with van der Waals surface area (Å²) in [5.74, 6) is 0.171. The molecule has 1 amide bonds. The first kappa shape index (κ1) is 22.0. The van der Waals surface area contributed by atoms with Crippen molar-refractivity contribution in [1.82, 2.24) is 0 Å². The van der Waals surface area contributed by atoms with Crippen LogP contribution in [-0.2, 0) is 0 Å². The van der Waals surface area contributed by atoms with Gasteiger partial charge in [-0.1, -0.05) is 6.07 Å². The average molecular weight is 483 g/mol. The van der Waals surface area contributed by atoms with Gasteiger partial charge in [0.15, 0.2) is 5.75 Å². The summed E-state index contributed by atoms with van der Waals surface area (Å²) in [7, 11) is -1.47. The number of hydrogen-bond acceptors (Lipinski definition) is 8. The quantitative estimate of drug-likeness (QED) is 0.284. The molecule has 176 valence electrons. The van der Waals surface area contributed by atoms with E-state index in [0.717, 1.165) is 5.56 Å². The predicted octanol–water partition coefficient (Wildman–Crippen LogP) is 5.46. The summed E-state index contributed by atoms with van der Waals surface area (Å²) < 4.78 is 27.4. The van der Waals surface area contributed by atoms with E-state index in [-0.39, 0.29) is 17.3 Å². The minimum atomic E-state index is -2.85. The molecular formula is C23H22N4O6S. The van der Waals surface area contributed by atoms with Crippen molar-refractivity contribution in [1.29, 1.82) is 0 Å². The molecule has 2 heterocycles. The number of nitrogens with one attached hydrogen (secondary N) is 2. The molecule has 1 fully saturated rings. The lowest BCUT2D eigenvalue weighted by atomic mass is 10.0. The molecular weight excluding hydrogens is 460 g/mol. The number of ether oxygens (including phenoxy) is 1. The van der Waals surface area contributed by atoms with E-state index in [1.165, 1.54) is 13.2 Å². The van der Waals surface area contributed by atoms with Crippen LogP contribution in [0.15, 0.2) is 54.6 Å². The molecule has 0 aromatic heterocycles. The lowest BCUT2D eigenvalue weighted by Gasteiger charge is -2.38. The van der Waals surface area contributed by atoms with Gasteiger partial charge in [-0.15, -0.1) is 10.8 Å². The number of anilines is 4. The van der Waals surface area contributed by atoms with Crippen LogP contribution in [0.5, 0.6) is 5.75 Å². The molecule has 1 saturated heterocycles. The number of nitrogens with zero attached hydrogens (tertiary/aromatic N) is 2. The maximum Gasteiger partial charge on any atom is 0.310 e. The molecule has 11 heteroatoms. The van der Waals surface area contributed by atoms with Crippen LogP contribution in [0, 0.1) is 10.1 Å². The van der Waals surface area contributed by atoms with Crippen LogP contribution >= 0.6 is 10.8 Å². The third kappa shape index (κ3) is 3.79. The summed E-state index contributed by atoms with van der Waals surface area (Å²) in [4.78, 5) is 23.6. The molecule has 0 unspecified atom stereocenters. The van der Waals surface area contributed by atoms with Crippen molar-refractivity contribution in [3.8, 4) is 16.9 Å². The van der Waals surface area contributed by atoms with Crippen LogP contribution in [-0.4, -0.2) is 39.3 Å². The largest absolute Gasteiger partial charge is 0.490 e. The normalized spacial score (nSPS) is 17.0. The first-order chi connectivity index (χ1) is 16.3. The molecule has 0 bridgehead atoms. The Labute approximate surface area is 196 Å². The molecule has 0 saturated carbocycles. The number of nitro benzene ring substituents is 1. The zero-order valence-electron chi connectivity index (χ0n) is 18.1. The van der Waals surface area contributed by atoms with Crippen molar-refractivity contribution in [2.45, 2.75) is 6.42 Å². The first-order valence-corrected chi connectivity index (χ1v) is 12.2. The molecule has 2 aliphatic rings. The predicted molar refractivity (Wildman–Crippen MR) is 132 cm³/mol. The average Bonchev–Trinajstić information content (AvgIpc) is 3.11. The van der Waals surface area contributed by atoms with Gasteiger partial charge in [0.25, 0.3) is 5.91 Å². The van der Waals surface area contributed by atoms with E-state index in [9.17, 15) is 24.0 Å². The summed E-state index contributed by atoms with van der Waals surface area (Å²) in [6.07, 6.45) is 0.686. The highest BCUT2D eigenvalue weighted by molar-refractivity contribution is 8.25. The highest BCUT2D eigenvalue weighted by atomic mass is 32.3. The zero-order chi connectivity index (χ0) is 24.0. The van der Waals surface area contributed by atoms with E-state index in [4.69, 9.17) is 4.74 Å². The summed E-state index contributed by atoms with van der Waals surface area (Å²) in [5, 5.41) is 17.4. The number of nitro groups is 1. The minimum absolute atomic E-state index is 0.127. The van der Waals surface area contributed by atoms with Crippen LogP contribution in [0.1, 0.15) is 16.8 Å². The molecule has 34 heavy (non-hydrogen) atoms. The smallest absolute Gasteiger partial charge is 0.310 e. The lowest BCUT2D eigenvalue weighted by molar-refractivity contribution is -0.385. The Kier molecular flexibility index (Phi) is 5.31. The molecule has 3 aromatic carbocycles. The Morgan fingerprint density at radius 1 is 1.00 bits per heavy atom. The van der Waals surface area contributed by atoms with Gasteiger partial charge in [0.1, 0.15) is 0 Å². The highest BCUT2D eigenvalue weighted by Crippen LogP contribution is 2.52. The maximum absolute atomic E-state index is 12.9. The van der Waals surface area contributed by atoms with Gasteiger partial charge in [0, 0.05) is 12.6 Å². The van der Waals surface area contributed by atoms with Gasteiger partial charge in [-0.25, -0.2) is 0 Å². The summed E-state index contributed by atoms with van der Waals surface area (Å²) in [6.45, 7) is 0.533. The monoisotopic (exact) mass is 482 g/mol. The Hall–Kier alpha value is -3.80. The zero-order valence-corrected chi connectivity index (χ0v) is 19.0. The van der Waals surface area contributed by atoms with E-state index < -0.39 is 15.7 Å². The number of hydrogen-bond donors (Lipinski definition) is 4. The number of methoxy groups -OCH3 is 1. The fourth-order valence-electron chi connectivity index (χ4n) is 4.22. The Morgan fingerprint density at radius 3 is 2.47 bits per heavy atom. The first-order valence-electron chi connectivity index (χ1n) is 10.5. The van der Waals surface area contributed by atoms with Crippen LogP contribution < -0.4 is 19.7 Å². The van der Waals surface area contributed by atoms with Gasteiger partial charge in [-0.3, -0.25) is 28.3 Å². The summed E-state index contributed by atoms with van der Waals surface area (Å²) >= 11 is 0. The second-order valence-electron chi connectivity index (χ2n) is 8.01. The fourth-order valence-corrected chi connectivity index (χ4v) is 5.83. The minimum Gasteiger partial charge on any atom is -0.490 e. The van der Waals surface area contributed by atoms with Gasteiger partial charge in [0.2, 0.25) is 0 Å². The molecule has 0 atom stereocenters. The van der Waals surface area contributed by atoms with E-state index in [0.29, 0.717) is 52.6 Å². The standard InChI is InChI=1S/C23H22N4O6S/c1-33-22-12-15(4-8-21(22)27(29)30)14-3-6-17-19(11-14)24-18-7-5-16(13-20(18)25-23(17)28)26-9-2-10-34(26,31)32/h3-8,11-13,24,31-32H,2,9-10H2,1H3,(H,25,28). The van der Waals surface area contributed by atoms with Gasteiger partial charge >= 0.3 is 5.69 Å². The molecule has 3 aromatic rings. The summed E-state index contributed by atoms with van der Waals surface area (Å²) in [6, 6.07) is 15.2. The molecule has 0 spiro atoms. The van der Waals surface area contributed by atoms with Crippen LogP contribution in [0.4, 0.5) is 28.4 Å². The highest BCUT2D eigenvalue weighted by Gasteiger charge is 2.30. The molecule has 0 radical (unpaired) electrons. The topological polar surface area (TPSA) is 137 Å². The summed E-state index contributed by atoms with van der Waals surface area (Å²) in [5.41, 5.74) is 4.14. The van der Waals surface area contributed by atoms with Gasteiger partial charge in [0.05, 0.1) is 46.1 Å². The van der Waals surface area contributed by atoms with Gasteiger partial charge in [-0.05, 0) is 60.0 Å². The van der Waals surface area contributed by atoms with Gasteiger partial charge < -0.3 is 15.4 Å². The molecule has 10 nitrogen and oxygen atoms in total. The molecule has 4 N–H and O–H groups in total. The SMILES string of the molecule is COc1cc(-c2ccc3c(c2)Nc2ccc(N4CCCS4(O)O)cc2NC3=O)ccc1[N+](=O)[O-]. The lowest BCUT2D eigenvalue weighted by Crippen LogP contribution is -2.22. The Bertz CT molecular complexity index is 1330. The Balaban J connectivity index is 1.50. The third-order valence-electron chi connectivity index (χ3n) is 5.91. The van der Waals surface area contributed by atoms with Crippen molar-refractivity contribution < 1.29 is 23.6 Å². The fraction of sp³-hybridized carbons (Fsp3) is 0.174. The molecule has 0 aliphatic carbocycles. The van der Waals surface area contributed by atoms with Crippen molar-refractivity contribution in [3.63, 3.8) is 0 Å². The van der Waals surface area contributed by atoms with Crippen molar-refractivity contribution in [2.24, 2.45) is 0 Å². The van der Waals surface area contributed by atoms with E-state index in [1.807, 2.05) is 0 Å². The number of carbonyl (C=O) groups excluding carboxylic acids is 1. The van der Waals surface area contributed by atoms with Crippen molar-refractivity contribution in [2.75, 3.05) is 34.3 Å². The molecule has 5 rings (SSSR count). The third-order valence-corrected chi connectivity index (χ3v) is 7.85. The van der Waals surface area contributed by atoms with Crippen LogP contribution in [0.25, 0.3) is 11.1 Å². The van der Waals surface area contributed by atoms with Crippen LogP contribution in [0.3, 0.4) is 0 Å². The van der Waals surface area contributed by atoms with E-state index >= 15 is 0 Å². The van der Waals surface area contributed by atoms with E-state index in [2.05, 4.69) is 10.6 Å². The number of amides is 1. The van der Waals surface area contributed by atoms with Crippen molar-refractivity contribution >= 4 is 45.1 Å². The van der Waals surface area contributed by atoms with Crippen molar-refractivity contribution in [3.05, 3.63) is 70.3 Å². The Morgan fingerprint density at radius 2 is 1.76 bits per heavy atom. The second-order valence-corrected chi connectivity index (χ2v) is 10.1. The maximum atomic E-state index is 12.9. The number of carbonyl (C=O) groups is 1. The number of rotatable bonds is 4. The van der Waals surface area contributed by atoms with Crippen LogP contribution in [0.2, 0.25) is 0 Å². The number of fused-ring (bicyclic) bond motifs is 2.